The fourth-order valence-corrected chi connectivity index (χ4v) is 9.13. The van der Waals surface area contributed by atoms with Crippen LogP contribution in [0.4, 0.5) is 34.4 Å². The van der Waals surface area contributed by atoms with Crippen LogP contribution in [0.1, 0.15) is 22.5 Å². The predicted octanol–water partition coefficient (Wildman–Crippen LogP) is -1.96. The summed E-state index contributed by atoms with van der Waals surface area (Å²) in [5.41, 5.74) is 2.13. The average molecular weight is 895 g/mol. The smallest absolute Gasteiger partial charge is 0.744 e. The van der Waals surface area contributed by atoms with Gasteiger partial charge in [0.1, 0.15) is 43.0 Å². The van der Waals surface area contributed by atoms with E-state index in [1.165, 1.54) is 12.1 Å². The maximum absolute atomic E-state index is 13.5. The molecule has 18 nitrogen and oxygen atoms in total. The van der Waals surface area contributed by atoms with E-state index in [2.05, 4.69) is 41.5 Å². The fraction of sp³-hybridized carbons (Fsp3) is 0.200. The Morgan fingerprint density at radius 1 is 0.532 bits per heavy atom. The number of para-hydroxylation sites is 2. The quantitative estimate of drug-likeness (QED) is 0.0770. The summed E-state index contributed by atoms with van der Waals surface area (Å²) in [5, 5.41) is 33.0. The Morgan fingerprint density at radius 3 is 1.40 bits per heavy atom. The van der Waals surface area contributed by atoms with Crippen molar-refractivity contribution in [3.63, 3.8) is 0 Å². The number of ether oxygens (including phenoxy) is 2. The number of nitrogens with zero attached hydrogens (tertiary/aromatic N) is 8. The zero-order valence-corrected chi connectivity index (χ0v) is 39.3. The van der Waals surface area contributed by atoms with Crippen molar-refractivity contribution >= 4 is 65.8 Å². The molecule has 4 heterocycles. The van der Waals surface area contributed by atoms with Crippen LogP contribution < -0.4 is 79.5 Å². The SMILES string of the molecule is O=S(=O)([O-])c1cccc(C(=C(c2ccccc2)c2nnnc(Nc3ccccc3)c2N2CCOCC2)c2nnnc(Nc3ccccc3)c2N2CCOCC2)c1S(=O)(=O)[O-].[Na+].[Na+]. The molecular formula is C40H36N10Na2O8S2. The first-order valence-corrected chi connectivity index (χ1v) is 21.5. The van der Waals surface area contributed by atoms with Gasteiger partial charge in [-0.25, -0.2) is 16.8 Å². The van der Waals surface area contributed by atoms with Gasteiger partial charge in [0.25, 0.3) is 0 Å². The van der Waals surface area contributed by atoms with Crippen molar-refractivity contribution in [1.82, 2.24) is 30.8 Å². The van der Waals surface area contributed by atoms with Gasteiger partial charge in [-0.1, -0.05) is 78.9 Å². The molecular weight excluding hydrogens is 859 g/mol. The summed E-state index contributed by atoms with van der Waals surface area (Å²) in [5.74, 6) is 0.465. The summed E-state index contributed by atoms with van der Waals surface area (Å²) in [7, 11) is -11.3. The van der Waals surface area contributed by atoms with Crippen molar-refractivity contribution in [2.24, 2.45) is 0 Å². The molecule has 2 aliphatic rings. The van der Waals surface area contributed by atoms with Gasteiger partial charge in [0.05, 0.1) is 36.2 Å². The first-order chi connectivity index (χ1) is 29.1. The molecule has 2 fully saturated rings. The number of hydrogen-bond donors (Lipinski definition) is 2. The van der Waals surface area contributed by atoms with Crippen molar-refractivity contribution in [2.75, 3.05) is 73.0 Å². The normalized spacial score (nSPS) is 14.8. The topological polar surface area (TPSA) is 241 Å². The fourth-order valence-electron chi connectivity index (χ4n) is 7.18. The molecule has 2 aliphatic heterocycles. The minimum Gasteiger partial charge on any atom is -0.744 e. The number of morpholine rings is 2. The predicted molar refractivity (Wildman–Crippen MR) is 219 cm³/mol. The summed E-state index contributed by atoms with van der Waals surface area (Å²) in [6, 6.07) is 30.3. The standard InChI is InChI=1S/C40H38N10O8S2.2Na/c51-59(52,53)31-18-10-17-30(38(31)60(54,55)56)33(35-37(50-21-25-58-26-22-50)40(46-48-44-35)42-29-15-8-3-9-16-29)32(27-11-4-1-5-12-27)34-36(49-19-23-57-24-20-49)39(45-47-43-34)41-28-13-6-2-7-14-28;;/h1-18H,19-26H2,(H,41,43,45)(H,42,44,46)(H,51,52,53)(H,54,55,56);;/q;2*+1/p-2. The van der Waals surface area contributed by atoms with E-state index in [1.807, 2.05) is 70.5 Å². The molecule has 2 saturated heterocycles. The molecule has 4 aromatic carbocycles. The van der Waals surface area contributed by atoms with Gasteiger partial charge in [-0.05, 0) is 46.3 Å². The van der Waals surface area contributed by atoms with Crippen LogP contribution in [-0.2, 0) is 29.7 Å². The Balaban J connectivity index is 0.00000321. The third kappa shape index (κ3) is 10.5. The number of aromatic nitrogens is 6. The molecule has 0 saturated carbocycles. The Bertz CT molecular complexity index is 2750. The van der Waals surface area contributed by atoms with E-state index in [4.69, 9.17) is 9.47 Å². The zero-order valence-electron chi connectivity index (χ0n) is 33.7. The molecule has 0 bridgehead atoms. The Labute approximate surface area is 402 Å². The summed E-state index contributed by atoms with van der Waals surface area (Å²) in [6.45, 7) is 2.68. The van der Waals surface area contributed by atoms with Crippen LogP contribution in [0.15, 0.2) is 119 Å². The number of nitrogens with one attached hydrogen (secondary N) is 2. The van der Waals surface area contributed by atoms with Crippen molar-refractivity contribution < 1.29 is 94.5 Å². The molecule has 2 N–H and O–H groups in total. The molecule has 0 spiro atoms. The number of anilines is 6. The second-order valence-electron chi connectivity index (χ2n) is 13.5. The van der Waals surface area contributed by atoms with E-state index in [0.29, 0.717) is 80.9 Å². The van der Waals surface area contributed by atoms with Gasteiger partial charge < -0.3 is 39.0 Å². The van der Waals surface area contributed by atoms with Crippen LogP contribution in [0, 0.1) is 0 Å². The van der Waals surface area contributed by atoms with Crippen molar-refractivity contribution in [1.29, 1.82) is 0 Å². The summed E-state index contributed by atoms with van der Waals surface area (Å²) in [4.78, 5) is 1.39. The van der Waals surface area contributed by atoms with Crippen LogP contribution in [0.2, 0.25) is 0 Å². The molecule has 308 valence electrons. The number of hydrogen-bond acceptors (Lipinski definition) is 18. The monoisotopic (exact) mass is 894 g/mol. The minimum atomic E-state index is -5.74. The Kier molecular flexibility index (Phi) is 15.8. The first kappa shape index (κ1) is 47.1. The van der Waals surface area contributed by atoms with Gasteiger partial charge in [0.2, 0.25) is 0 Å². The van der Waals surface area contributed by atoms with Crippen molar-refractivity contribution in [3.8, 4) is 0 Å². The molecule has 0 radical (unpaired) electrons. The molecule has 0 aliphatic carbocycles. The summed E-state index contributed by atoms with van der Waals surface area (Å²) < 4.78 is 90.5. The summed E-state index contributed by atoms with van der Waals surface area (Å²) in [6.07, 6.45) is 0. The molecule has 0 atom stereocenters. The molecule has 62 heavy (non-hydrogen) atoms. The van der Waals surface area contributed by atoms with E-state index in [-0.39, 0.29) is 93.3 Å². The van der Waals surface area contributed by atoms with Crippen LogP contribution >= 0.6 is 0 Å². The van der Waals surface area contributed by atoms with E-state index in [1.54, 1.807) is 30.3 Å². The van der Waals surface area contributed by atoms with E-state index >= 15 is 0 Å². The van der Waals surface area contributed by atoms with Gasteiger partial charge in [-0.2, -0.15) is 0 Å². The Morgan fingerprint density at radius 2 is 0.968 bits per heavy atom. The maximum atomic E-state index is 13.5. The molecule has 8 rings (SSSR count). The van der Waals surface area contributed by atoms with Crippen LogP contribution in [-0.4, -0.2) is 109 Å². The van der Waals surface area contributed by atoms with Crippen LogP contribution in [0.5, 0.6) is 0 Å². The second kappa shape index (κ2) is 20.8. The van der Waals surface area contributed by atoms with Gasteiger partial charge in [0.15, 0.2) is 11.6 Å². The molecule has 22 heteroatoms. The summed E-state index contributed by atoms with van der Waals surface area (Å²) >= 11 is 0. The number of rotatable bonds is 12. The van der Waals surface area contributed by atoms with E-state index in [0.717, 1.165) is 6.07 Å². The van der Waals surface area contributed by atoms with Crippen LogP contribution in [0.3, 0.4) is 0 Å². The van der Waals surface area contributed by atoms with Gasteiger partial charge in [-0.3, -0.25) is 0 Å². The van der Waals surface area contributed by atoms with Gasteiger partial charge in [0, 0.05) is 54.3 Å². The third-order valence-electron chi connectivity index (χ3n) is 9.76. The van der Waals surface area contributed by atoms with Crippen LogP contribution in [0.25, 0.3) is 11.1 Å². The zero-order chi connectivity index (χ0) is 41.7. The van der Waals surface area contributed by atoms with Gasteiger partial charge in [-0.15, -0.1) is 20.4 Å². The van der Waals surface area contributed by atoms with E-state index < -0.39 is 35.6 Å². The second-order valence-corrected chi connectivity index (χ2v) is 16.2. The molecule has 2 aromatic heterocycles. The third-order valence-corrected chi connectivity index (χ3v) is 11.7. The van der Waals surface area contributed by atoms with Crippen molar-refractivity contribution in [2.45, 2.75) is 9.79 Å². The average Bonchev–Trinajstić information content (AvgIpc) is 3.26. The largest absolute Gasteiger partial charge is 1.00 e. The minimum absolute atomic E-state index is 0. The van der Waals surface area contributed by atoms with Crippen molar-refractivity contribution in [3.05, 3.63) is 132 Å². The molecule has 6 aromatic rings. The van der Waals surface area contributed by atoms with Gasteiger partial charge >= 0.3 is 59.1 Å². The van der Waals surface area contributed by atoms with E-state index in [9.17, 15) is 25.9 Å². The molecule has 0 unspecified atom stereocenters. The Hall–Kier alpha value is -4.42. The first-order valence-electron chi connectivity index (χ1n) is 18.7. The number of benzene rings is 4. The maximum Gasteiger partial charge on any atom is 1.00 e. The molecule has 0 amide bonds.